The highest BCUT2D eigenvalue weighted by Gasteiger charge is 2.71. The predicted octanol–water partition coefficient (Wildman–Crippen LogP) is 7.06. The average Bonchev–Trinajstić information content (AvgIpc) is 3.21. The number of ether oxygens (including phenoxy) is 2. The normalized spacial score (nSPS) is 42.5. The van der Waals surface area contributed by atoms with Gasteiger partial charge in [0.2, 0.25) is 0 Å². The second-order valence-electron chi connectivity index (χ2n) is 17.5. The van der Waals surface area contributed by atoms with Gasteiger partial charge in [-0.25, -0.2) is 0 Å². The van der Waals surface area contributed by atoms with E-state index in [9.17, 15) is 19.2 Å². The minimum atomic E-state index is -0.939. The third-order valence-electron chi connectivity index (χ3n) is 14.9. The lowest BCUT2D eigenvalue weighted by molar-refractivity contribution is -0.235. The van der Waals surface area contributed by atoms with Crippen molar-refractivity contribution >= 4 is 23.6 Å². The Balaban J connectivity index is 1.42. The zero-order valence-corrected chi connectivity index (χ0v) is 29.3. The third-order valence-corrected chi connectivity index (χ3v) is 14.9. The SMILES string of the molecule is CC(=O)OC(C(=O)N1CCC1)[C@@]12CC[C@]3(C)[C@H](CC[C@@H]4[C@@]5(C)CC[C@H](OC(C)=O)C(C)(C)[C@@H]5CC[C@]43C)C1=C(C(C)C)C(=O)C2. The van der Waals surface area contributed by atoms with Crippen LogP contribution in [0.5, 0.6) is 0 Å². The Labute approximate surface area is 270 Å². The minimum Gasteiger partial charge on any atom is -0.462 e. The molecular weight excluding hydrogens is 566 g/mol. The van der Waals surface area contributed by atoms with Crippen LogP contribution in [0.15, 0.2) is 11.1 Å². The van der Waals surface area contributed by atoms with Gasteiger partial charge < -0.3 is 14.4 Å². The molecule has 0 aromatic carbocycles. The molecule has 1 unspecified atom stereocenters. The van der Waals surface area contributed by atoms with Crippen LogP contribution in [0.3, 0.4) is 0 Å². The summed E-state index contributed by atoms with van der Waals surface area (Å²) in [5, 5.41) is 0. The zero-order chi connectivity index (χ0) is 32.9. The van der Waals surface area contributed by atoms with Crippen LogP contribution in [0.2, 0.25) is 0 Å². The second-order valence-corrected chi connectivity index (χ2v) is 17.5. The molecular formula is C38H57NO6. The molecule has 1 amide bonds. The van der Waals surface area contributed by atoms with E-state index in [1.165, 1.54) is 19.4 Å². The van der Waals surface area contributed by atoms with Gasteiger partial charge in [-0.3, -0.25) is 19.2 Å². The molecule has 6 rings (SSSR count). The number of allylic oxidation sites excluding steroid dienone is 1. The van der Waals surface area contributed by atoms with E-state index < -0.39 is 17.5 Å². The number of rotatable bonds is 5. The van der Waals surface area contributed by atoms with Crippen LogP contribution >= 0.6 is 0 Å². The summed E-state index contributed by atoms with van der Waals surface area (Å²) >= 11 is 0. The van der Waals surface area contributed by atoms with Crippen molar-refractivity contribution in [3.05, 3.63) is 11.1 Å². The molecule has 1 heterocycles. The number of fused-ring (bicyclic) bond motifs is 7. The summed E-state index contributed by atoms with van der Waals surface area (Å²) in [6.45, 7) is 20.7. The maximum Gasteiger partial charge on any atom is 0.303 e. The molecule has 45 heavy (non-hydrogen) atoms. The van der Waals surface area contributed by atoms with Gasteiger partial charge in [0.15, 0.2) is 11.9 Å². The summed E-state index contributed by atoms with van der Waals surface area (Å²) in [6.07, 6.45) is 8.07. The number of hydrogen-bond acceptors (Lipinski definition) is 6. The average molecular weight is 624 g/mol. The van der Waals surface area contributed by atoms with Gasteiger partial charge in [-0.1, -0.05) is 48.5 Å². The first kappa shape index (κ1) is 32.7. The number of esters is 2. The molecule has 0 radical (unpaired) electrons. The van der Waals surface area contributed by atoms with Crippen LogP contribution in [-0.4, -0.2) is 53.8 Å². The molecule has 0 aromatic heterocycles. The first-order valence-electron chi connectivity index (χ1n) is 17.8. The summed E-state index contributed by atoms with van der Waals surface area (Å²) in [6, 6.07) is 0. The monoisotopic (exact) mass is 623 g/mol. The number of carbonyl (C=O) groups is 4. The number of hydrogen-bond donors (Lipinski definition) is 0. The van der Waals surface area contributed by atoms with Gasteiger partial charge in [0.05, 0.1) is 0 Å². The number of likely N-dealkylation sites (tertiary alicyclic amines) is 1. The number of amides is 1. The molecule has 6 aliphatic rings. The van der Waals surface area contributed by atoms with E-state index in [4.69, 9.17) is 9.47 Å². The zero-order valence-electron chi connectivity index (χ0n) is 29.3. The topological polar surface area (TPSA) is 90.0 Å². The minimum absolute atomic E-state index is 0.0463. The van der Waals surface area contributed by atoms with E-state index in [2.05, 4.69) is 48.5 Å². The summed E-state index contributed by atoms with van der Waals surface area (Å²) < 4.78 is 12.0. The molecule has 0 N–H and O–H groups in total. The van der Waals surface area contributed by atoms with Gasteiger partial charge in [-0.05, 0) is 109 Å². The van der Waals surface area contributed by atoms with Gasteiger partial charge in [0.25, 0.3) is 5.91 Å². The molecule has 1 saturated heterocycles. The summed E-state index contributed by atoms with van der Waals surface area (Å²) in [5.41, 5.74) is 1.35. The summed E-state index contributed by atoms with van der Waals surface area (Å²) in [5.74, 6) is 0.592. The molecule has 7 heteroatoms. The fourth-order valence-electron chi connectivity index (χ4n) is 12.6. The number of nitrogens with zero attached hydrogens (tertiary/aromatic N) is 1. The molecule has 0 bridgehead atoms. The molecule has 5 fully saturated rings. The molecule has 7 nitrogen and oxygen atoms in total. The van der Waals surface area contributed by atoms with Gasteiger partial charge in [0.1, 0.15) is 6.10 Å². The highest BCUT2D eigenvalue weighted by molar-refractivity contribution is 6.02. The lowest BCUT2D eigenvalue weighted by atomic mass is 9.33. The lowest BCUT2D eigenvalue weighted by Gasteiger charge is -2.72. The van der Waals surface area contributed by atoms with Crippen molar-refractivity contribution in [3.63, 3.8) is 0 Å². The van der Waals surface area contributed by atoms with Gasteiger partial charge in [0, 0.05) is 44.2 Å². The van der Waals surface area contributed by atoms with Crippen molar-refractivity contribution in [2.24, 2.45) is 50.7 Å². The molecule has 5 aliphatic carbocycles. The van der Waals surface area contributed by atoms with Crippen LogP contribution in [-0.2, 0) is 28.7 Å². The highest BCUT2D eigenvalue weighted by Crippen LogP contribution is 2.77. The van der Waals surface area contributed by atoms with Crippen LogP contribution in [0.1, 0.15) is 127 Å². The van der Waals surface area contributed by atoms with Crippen molar-refractivity contribution in [3.8, 4) is 0 Å². The molecule has 0 spiro atoms. The Hall–Kier alpha value is -2.18. The van der Waals surface area contributed by atoms with Crippen LogP contribution in [0.4, 0.5) is 0 Å². The van der Waals surface area contributed by atoms with Gasteiger partial charge >= 0.3 is 11.9 Å². The van der Waals surface area contributed by atoms with Crippen molar-refractivity contribution in [1.82, 2.24) is 4.90 Å². The quantitative estimate of drug-likeness (QED) is 0.305. The number of ketones is 1. The van der Waals surface area contributed by atoms with Crippen LogP contribution < -0.4 is 0 Å². The van der Waals surface area contributed by atoms with E-state index in [1.54, 1.807) is 0 Å². The van der Waals surface area contributed by atoms with Crippen molar-refractivity contribution in [2.75, 3.05) is 13.1 Å². The smallest absolute Gasteiger partial charge is 0.303 e. The van der Waals surface area contributed by atoms with E-state index >= 15 is 0 Å². The Morgan fingerprint density at radius 2 is 1.51 bits per heavy atom. The molecule has 250 valence electrons. The maximum absolute atomic E-state index is 14.1. The Morgan fingerprint density at radius 1 is 0.822 bits per heavy atom. The van der Waals surface area contributed by atoms with E-state index in [0.29, 0.717) is 31.3 Å². The molecule has 0 aromatic rings. The van der Waals surface area contributed by atoms with Crippen molar-refractivity contribution in [1.29, 1.82) is 0 Å². The molecule has 1 aliphatic heterocycles. The largest absolute Gasteiger partial charge is 0.462 e. The van der Waals surface area contributed by atoms with E-state index in [0.717, 1.165) is 56.9 Å². The number of Topliss-reactive ketones (excluding diaryl/α,β-unsaturated/α-hetero) is 1. The third kappa shape index (κ3) is 4.47. The van der Waals surface area contributed by atoms with E-state index in [-0.39, 0.29) is 63.7 Å². The molecule has 4 saturated carbocycles. The first-order valence-corrected chi connectivity index (χ1v) is 17.8. The summed E-state index contributed by atoms with van der Waals surface area (Å²) in [7, 11) is 0. The van der Waals surface area contributed by atoms with Crippen LogP contribution in [0, 0.1) is 50.7 Å². The maximum atomic E-state index is 14.1. The Kier molecular flexibility index (Phi) is 7.76. The van der Waals surface area contributed by atoms with Gasteiger partial charge in [-0.15, -0.1) is 0 Å². The summed E-state index contributed by atoms with van der Waals surface area (Å²) in [4.78, 5) is 54.5. The van der Waals surface area contributed by atoms with E-state index in [1.807, 2.05) is 4.90 Å². The van der Waals surface area contributed by atoms with Crippen molar-refractivity contribution < 1.29 is 28.7 Å². The van der Waals surface area contributed by atoms with Gasteiger partial charge in [-0.2, -0.15) is 0 Å². The van der Waals surface area contributed by atoms with Crippen molar-refractivity contribution in [2.45, 2.75) is 139 Å². The van der Waals surface area contributed by atoms with Crippen LogP contribution in [0.25, 0.3) is 0 Å². The highest BCUT2D eigenvalue weighted by atomic mass is 16.6. The Morgan fingerprint density at radius 3 is 2.09 bits per heavy atom. The second kappa shape index (κ2) is 10.7. The Bertz CT molecular complexity index is 1330. The fourth-order valence-corrected chi connectivity index (χ4v) is 12.6. The lowest BCUT2D eigenvalue weighted by Crippen LogP contribution is -2.66. The standard InChI is InChI=1S/C38H57NO6/c1-22(2)30-26(42)21-38(32(45-24(4)41)33(43)39-19-10-20-39)18-17-36(8)25(31(30)38)11-12-28-35(7)15-14-29(44-23(3)40)34(5,6)27(35)13-16-37(28,36)9/h22,25,27-29,32H,10-21H2,1-9H3/t25-,27+,28-,29+,32?,35+,36-,37-,38-/m1/s1. The fraction of sp³-hybridized carbons (Fsp3) is 0.842. The predicted molar refractivity (Wildman–Crippen MR) is 172 cm³/mol. The number of carbonyl (C=O) groups excluding carboxylic acids is 4. The molecule has 9 atom stereocenters. The first-order chi connectivity index (χ1) is 20.9.